The molecule has 0 saturated heterocycles. The Morgan fingerprint density at radius 1 is 1.58 bits per heavy atom. The van der Waals surface area contributed by atoms with E-state index >= 15 is 0 Å². The van der Waals surface area contributed by atoms with E-state index in [4.69, 9.17) is 16.3 Å². The number of nitrogens with one attached hydrogen (secondary N) is 1. The van der Waals surface area contributed by atoms with Crippen molar-refractivity contribution in [3.8, 4) is 5.75 Å². The fourth-order valence-electron chi connectivity index (χ4n) is 0.823. The number of amides is 1. The maximum atomic E-state index is 10.0. The van der Waals surface area contributed by atoms with Gasteiger partial charge in [-0.25, -0.2) is 0 Å². The van der Waals surface area contributed by atoms with Crippen LogP contribution in [0.1, 0.15) is 0 Å². The van der Waals surface area contributed by atoms with Gasteiger partial charge in [-0.1, -0.05) is 11.6 Å². The van der Waals surface area contributed by atoms with Crippen molar-refractivity contribution in [2.45, 2.75) is 0 Å². The molecule has 4 heteroatoms. The van der Waals surface area contributed by atoms with Gasteiger partial charge in [0.05, 0.1) is 12.8 Å². The van der Waals surface area contributed by atoms with Crippen LogP contribution in [0.3, 0.4) is 0 Å². The molecule has 12 heavy (non-hydrogen) atoms. The SMILES string of the molecule is COc1cc(Cl)ccc1N[C]=O. The zero-order valence-electron chi connectivity index (χ0n) is 6.43. The molecule has 1 aromatic carbocycles. The lowest BCUT2D eigenvalue weighted by Crippen LogP contribution is -1.96. The molecule has 1 N–H and O–H groups in total. The molecular formula is C8H7ClNO2. The van der Waals surface area contributed by atoms with Crippen molar-refractivity contribution in [3.05, 3.63) is 23.2 Å². The van der Waals surface area contributed by atoms with E-state index in [1.165, 1.54) is 7.11 Å². The normalized spacial score (nSPS) is 9.17. The van der Waals surface area contributed by atoms with Crippen molar-refractivity contribution < 1.29 is 9.53 Å². The van der Waals surface area contributed by atoms with Crippen LogP contribution >= 0.6 is 11.6 Å². The number of methoxy groups -OCH3 is 1. The van der Waals surface area contributed by atoms with Gasteiger partial charge in [-0.3, -0.25) is 4.79 Å². The molecule has 0 heterocycles. The standard InChI is InChI=1S/C8H7ClNO2/c1-12-8-4-6(9)2-3-7(8)10-5-11/h2-4H,1H3,(H,10,11). The number of benzene rings is 1. The lowest BCUT2D eigenvalue weighted by atomic mass is 10.3. The molecule has 1 amide bonds. The summed E-state index contributed by atoms with van der Waals surface area (Å²) in [6.07, 6.45) is 1.56. The summed E-state index contributed by atoms with van der Waals surface area (Å²) in [6.45, 7) is 0. The lowest BCUT2D eigenvalue weighted by Gasteiger charge is -2.05. The molecule has 0 aromatic heterocycles. The molecule has 0 unspecified atom stereocenters. The first-order chi connectivity index (χ1) is 5.77. The van der Waals surface area contributed by atoms with Crippen molar-refractivity contribution in [1.29, 1.82) is 0 Å². The van der Waals surface area contributed by atoms with Gasteiger partial charge in [0.2, 0.25) is 0 Å². The van der Waals surface area contributed by atoms with Gasteiger partial charge in [-0.2, -0.15) is 0 Å². The number of ether oxygens (including phenoxy) is 1. The van der Waals surface area contributed by atoms with E-state index in [1.807, 2.05) is 0 Å². The Kier molecular flexibility index (Phi) is 2.94. The van der Waals surface area contributed by atoms with Crippen LogP contribution in [0.25, 0.3) is 0 Å². The van der Waals surface area contributed by atoms with Crippen LogP contribution in [0.2, 0.25) is 5.02 Å². The predicted octanol–water partition coefficient (Wildman–Crippen LogP) is 1.83. The molecule has 0 aliphatic rings. The van der Waals surface area contributed by atoms with Gasteiger partial charge in [0.25, 0.3) is 0 Å². The first-order valence-electron chi connectivity index (χ1n) is 3.24. The second kappa shape index (κ2) is 3.97. The minimum absolute atomic E-state index is 0.519. The van der Waals surface area contributed by atoms with E-state index in [9.17, 15) is 4.79 Å². The molecule has 1 aromatic rings. The smallest absolute Gasteiger partial charge is 0.314 e. The van der Waals surface area contributed by atoms with E-state index < -0.39 is 0 Å². The van der Waals surface area contributed by atoms with E-state index in [2.05, 4.69) is 5.32 Å². The number of rotatable bonds is 3. The summed E-state index contributed by atoms with van der Waals surface area (Å²) in [5.74, 6) is 0.519. The Morgan fingerprint density at radius 3 is 2.92 bits per heavy atom. The van der Waals surface area contributed by atoms with E-state index in [0.717, 1.165) is 0 Å². The molecule has 3 nitrogen and oxygen atoms in total. The molecule has 0 fully saturated rings. The molecule has 0 spiro atoms. The fourth-order valence-corrected chi connectivity index (χ4v) is 0.985. The van der Waals surface area contributed by atoms with E-state index in [0.29, 0.717) is 16.5 Å². The van der Waals surface area contributed by atoms with Crippen molar-refractivity contribution in [2.75, 3.05) is 12.4 Å². The van der Waals surface area contributed by atoms with Gasteiger partial charge in [0, 0.05) is 11.1 Å². The third-order valence-corrected chi connectivity index (χ3v) is 1.58. The van der Waals surface area contributed by atoms with Crippen LogP contribution in [0.5, 0.6) is 5.75 Å². The van der Waals surface area contributed by atoms with Crippen LogP contribution in [0.4, 0.5) is 5.69 Å². The van der Waals surface area contributed by atoms with Crippen molar-refractivity contribution in [1.82, 2.24) is 0 Å². The molecule has 1 rings (SSSR count). The van der Waals surface area contributed by atoms with Gasteiger partial charge in [0.15, 0.2) is 0 Å². The largest absolute Gasteiger partial charge is 0.495 e. The van der Waals surface area contributed by atoms with Crippen LogP contribution in [0, 0.1) is 0 Å². The highest BCUT2D eigenvalue weighted by Crippen LogP contribution is 2.26. The summed E-state index contributed by atoms with van der Waals surface area (Å²) in [4.78, 5) is 10.0. The number of hydrogen-bond donors (Lipinski definition) is 1. The zero-order chi connectivity index (χ0) is 8.97. The second-order valence-electron chi connectivity index (χ2n) is 2.07. The molecule has 0 saturated carbocycles. The van der Waals surface area contributed by atoms with Crippen LogP contribution < -0.4 is 10.1 Å². The number of carbonyl (C=O) groups excluding carboxylic acids is 1. The Labute approximate surface area is 75.3 Å². The summed E-state index contributed by atoms with van der Waals surface area (Å²) >= 11 is 5.69. The zero-order valence-corrected chi connectivity index (χ0v) is 7.18. The van der Waals surface area contributed by atoms with Crippen molar-refractivity contribution in [2.24, 2.45) is 0 Å². The van der Waals surface area contributed by atoms with Gasteiger partial charge in [-0.05, 0) is 12.1 Å². The van der Waals surface area contributed by atoms with Gasteiger partial charge in [0.1, 0.15) is 5.75 Å². The highest BCUT2D eigenvalue weighted by Gasteiger charge is 2.01. The number of halogens is 1. The predicted molar refractivity (Wildman–Crippen MR) is 47.3 cm³/mol. The maximum Gasteiger partial charge on any atom is 0.314 e. The van der Waals surface area contributed by atoms with Crippen molar-refractivity contribution >= 4 is 23.7 Å². The minimum atomic E-state index is 0.519. The average Bonchev–Trinajstić information content (AvgIpc) is 2.08. The summed E-state index contributed by atoms with van der Waals surface area (Å²) in [5.41, 5.74) is 0.553. The summed E-state index contributed by atoms with van der Waals surface area (Å²) in [7, 11) is 1.50. The first-order valence-corrected chi connectivity index (χ1v) is 3.62. The molecule has 0 atom stereocenters. The molecule has 63 valence electrons. The fraction of sp³-hybridized carbons (Fsp3) is 0.125. The van der Waals surface area contributed by atoms with Crippen molar-refractivity contribution in [3.63, 3.8) is 0 Å². The number of anilines is 1. The van der Waals surface area contributed by atoms with Gasteiger partial charge < -0.3 is 10.1 Å². The molecule has 0 aliphatic carbocycles. The second-order valence-corrected chi connectivity index (χ2v) is 2.51. The van der Waals surface area contributed by atoms with E-state index in [-0.39, 0.29) is 0 Å². The maximum absolute atomic E-state index is 10.0. The quantitative estimate of drug-likeness (QED) is 0.728. The Hall–Kier alpha value is -1.22. The highest BCUT2D eigenvalue weighted by molar-refractivity contribution is 6.30. The minimum Gasteiger partial charge on any atom is -0.495 e. The molecule has 0 bridgehead atoms. The van der Waals surface area contributed by atoms with Crippen LogP contribution in [-0.4, -0.2) is 13.5 Å². The number of hydrogen-bond acceptors (Lipinski definition) is 2. The van der Waals surface area contributed by atoms with Crippen LogP contribution in [0.15, 0.2) is 18.2 Å². The van der Waals surface area contributed by atoms with Gasteiger partial charge in [-0.15, -0.1) is 0 Å². The Balaban J connectivity index is 3.01. The lowest BCUT2D eigenvalue weighted by molar-refractivity contribution is 0.417. The monoisotopic (exact) mass is 184 g/mol. The topological polar surface area (TPSA) is 38.3 Å². The third-order valence-electron chi connectivity index (χ3n) is 1.35. The molecule has 1 radical (unpaired) electrons. The van der Waals surface area contributed by atoms with Crippen LogP contribution in [-0.2, 0) is 4.79 Å². The first kappa shape index (κ1) is 8.87. The summed E-state index contributed by atoms with van der Waals surface area (Å²) < 4.78 is 4.95. The molecule has 0 aliphatic heterocycles. The molecular weight excluding hydrogens is 178 g/mol. The summed E-state index contributed by atoms with van der Waals surface area (Å²) in [5, 5.41) is 2.92. The third kappa shape index (κ3) is 1.89. The highest BCUT2D eigenvalue weighted by atomic mass is 35.5. The van der Waals surface area contributed by atoms with E-state index in [1.54, 1.807) is 24.6 Å². The van der Waals surface area contributed by atoms with Gasteiger partial charge >= 0.3 is 6.41 Å². The average molecular weight is 185 g/mol. The Bertz CT molecular complexity index is 288. The Morgan fingerprint density at radius 2 is 2.33 bits per heavy atom. The summed E-state index contributed by atoms with van der Waals surface area (Å²) in [6, 6.07) is 4.91.